The Balaban J connectivity index is 2.33. The van der Waals surface area contributed by atoms with Crippen LogP contribution in [0, 0.1) is 0 Å². The fraction of sp³-hybridized carbons (Fsp3) is 0.500. The normalized spacial score (nSPS) is 10.2. The van der Waals surface area contributed by atoms with Gasteiger partial charge < -0.3 is 9.47 Å². The third-order valence-corrected chi connectivity index (χ3v) is 2.51. The predicted octanol–water partition coefficient (Wildman–Crippen LogP) is 3.08. The summed E-state index contributed by atoms with van der Waals surface area (Å²) in [6.45, 7) is 3.32. The van der Waals surface area contributed by atoms with Crippen molar-refractivity contribution in [1.82, 2.24) is 0 Å². The minimum absolute atomic E-state index is 0.164. The smallest absolute Gasteiger partial charge is 0.162 e. The maximum Gasteiger partial charge on any atom is 0.162 e. The summed E-state index contributed by atoms with van der Waals surface area (Å²) < 4.78 is 10.5. The lowest BCUT2D eigenvalue weighted by Crippen LogP contribution is -2.00. The summed E-state index contributed by atoms with van der Waals surface area (Å²) in [5.41, 5.74) is 0.749. The standard InChI is InChI=1S/C14H20O3/c1-3-14(15)12-6-8-13(9-7-12)17-11-5-4-10-16-2/h6-9H,3-5,10-11H2,1-2H3. The van der Waals surface area contributed by atoms with E-state index in [2.05, 4.69) is 0 Å². The van der Waals surface area contributed by atoms with E-state index < -0.39 is 0 Å². The van der Waals surface area contributed by atoms with E-state index in [1.165, 1.54) is 0 Å². The van der Waals surface area contributed by atoms with Crippen molar-refractivity contribution in [2.75, 3.05) is 20.3 Å². The van der Waals surface area contributed by atoms with Crippen LogP contribution in [0.25, 0.3) is 0 Å². The van der Waals surface area contributed by atoms with Crippen molar-refractivity contribution in [3.8, 4) is 5.75 Å². The zero-order chi connectivity index (χ0) is 12.5. The molecule has 0 heterocycles. The average molecular weight is 236 g/mol. The van der Waals surface area contributed by atoms with Crippen LogP contribution in [0.2, 0.25) is 0 Å². The van der Waals surface area contributed by atoms with Crippen molar-refractivity contribution < 1.29 is 14.3 Å². The minimum atomic E-state index is 0.164. The molecule has 0 unspecified atom stereocenters. The SMILES string of the molecule is CCC(=O)c1ccc(OCCCCOC)cc1. The lowest BCUT2D eigenvalue weighted by atomic mass is 10.1. The highest BCUT2D eigenvalue weighted by Crippen LogP contribution is 2.13. The van der Waals surface area contributed by atoms with Crippen molar-refractivity contribution in [2.45, 2.75) is 26.2 Å². The Bertz CT molecular complexity index is 330. The molecule has 0 spiro atoms. The molecule has 3 heteroatoms. The number of methoxy groups -OCH3 is 1. The Hall–Kier alpha value is -1.35. The molecule has 0 saturated heterocycles. The topological polar surface area (TPSA) is 35.5 Å². The molecule has 1 aromatic rings. The van der Waals surface area contributed by atoms with E-state index in [0.717, 1.165) is 30.8 Å². The first-order valence-corrected chi connectivity index (χ1v) is 6.03. The van der Waals surface area contributed by atoms with Gasteiger partial charge in [0.2, 0.25) is 0 Å². The molecule has 0 aliphatic rings. The van der Waals surface area contributed by atoms with Crippen LogP contribution < -0.4 is 4.74 Å². The second kappa shape index (κ2) is 7.85. The Kier molecular flexibility index (Phi) is 6.33. The molecular weight excluding hydrogens is 216 g/mol. The van der Waals surface area contributed by atoms with Crippen LogP contribution in [0.5, 0.6) is 5.75 Å². The fourth-order valence-electron chi connectivity index (χ4n) is 1.48. The molecule has 0 saturated carbocycles. The van der Waals surface area contributed by atoms with E-state index in [0.29, 0.717) is 13.0 Å². The molecule has 1 aromatic carbocycles. The number of unbranched alkanes of at least 4 members (excludes halogenated alkanes) is 1. The zero-order valence-corrected chi connectivity index (χ0v) is 10.6. The van der Waals surface area contributed by atoms with Crippen LogP contribution in [0.1, 0.15) is 36.5 Å². The molecule has 17 heavy (non-hydrogen) atoms. The van der Waals surface area contributed by atoms with Gasteiger partial charge in [-0.1, -0.05) is 6.92 Å². The molecule has 0 bridgehead atoms. The molecule has 0 aliphatic carbocycles. The van der Waals surface area contributed by atoms with E-state index in [1.54, 1.807) is 7.11 Å². The van der Waals surface area contributed by atoms with Gasteiger partial charge in [0.05, 0.1) is 6.61 Å². The van der Waals surface area contributed by atoms with Crippen LogP contribution in [-0.2, 0) is 4.74 Å². The van der Waals surface area contributed by atoms with E-state index >= 15 is 0 Å². The van der Waals surface area contributed by atoms with E-state index in [4.69, 9.17) is 9.47 Å². The minimum Gasteiger partial charge on any atom is -0.494 e. The first-order valence-electron chi connectivity index (χ1n) is 6.03. The van der Waals surface area contributed by atoms with Gasteiger partial charge in [-0.2, -0.15) is 0 Å². The summed E-state index contributed by atoms with van der Waals surface area (Å²) in [4.78, 5) is 11.4. The molecule has 0 atom stereocenters. The molecule has 1 rings (SSSR count). The largest absolute Gasteiger partial charge is 0.494 e. The maximum atomic E-state index is 11.4. The number of rotatable bonds is 8. The van der Waals surface area contributed by atoms with Gasteiger partial charge in [-0.05, 0) is 37.1 Å². The highest BCUT2D eigenvalue weighted by molar-refractivity contribution is 5.95. The highest BCUT2D eigenvalue weighted by Gasteiger charge is 2.02. The van der Waals surface area contributed by atoms with Crippen LogP contribution in [-0.4, -0.2) is 26.1 Å². The molecule has 0 radical (unpaired) electrons. The number of carbonyl (C=O) groups excluding carboxylic acids is 1. The van der Waals surface area contributed by atoms with Gasteiger partial charge in [0.15, 0.2) is 5.78 Å². The van der Waals surface area contributed by atoms with Crippen molar-refractivity contribution in [2.24, 2.45) is 0 Å². The third-order valence-electron chi connectivity index (χ3n) is 2.51. The summed E-state index contributed by atoms with van der Waals surface area (Å²) in [6, 6.07) is 7.32. The highest BCUT2D eigenvalue weighted by atomic mass is 16.5. The van der Waals surface area contributed by atoms with Crippen LogP contribution >= 0.6 is 0 Å². The summed E-state index contributed by atoms with van der Waals surface area (Å²) in [5, 5.41) is 0. The van der Waals surface area contributed by atoms with Crippen LogP contribution in [0.15, 0.2) is 24.3 Å². The number of ketones is 1. The third kappa shape index (κ3) is 5.00. The van der Waals surface area contributed by atoms with Crippen molar-refractivity contribution in [1.29, 1.82) is 0 Å². The second-order valence-electron chi connectivity index (χ2n) is 3.85. The molecule has 0 aliphatic heterocycles. The van der Waals surface area contributed by atoms with Crippen LogP contribution in [0.4, 0.5) is 0 Å². The summed E-state index contributed by atoms with van der Waals surface area (Å²) >= 11 is 0. The number of Topliss-reactive ketones (excluding diaryl/α,β-unsaturated/α-hetero) is 1. The molecule has 0 aromatic heterocycles. The predicted molar refractivity (Wildman–Crippen MR) is 67.7 cm³/mol. The molecule has 0 amide bonds. The number of benzene rings is 1. The van der Waals surface area contributed by atoms with Crippen molar-refractivity contribution in [3.05, 3.63) is 29.8 Å². The molecule has 3 nitrogen and oxygen atoms in total. The average Bonchev–Trinajstić information content (AvgIpc) is 2.38. The first-order chi connectivity index (χ1) is 8.27. The van der Waals surface area contributed by atoms with Gasteiger partial charge in [-0.3, -0.25) is 4.79 Å². The van der Waals surface area contributed by atoms with Gasteiger partial charge in [-0.15, -0.1) is 0 Å². The Morgan fingerprint density at radius 2 is 1.76 bits per heavy atom. The summed E-state index contributed by atoms with van der Waals surface area (Å²) in [7, 11) is 1.70. The quantitative estimate of drug-likeness (QED) is 0.514. The maximum absolute atomic E-state index is 11.4. The molecule has 0 fully saturated rings. The Morgan fingerprint density at radius 3 is 2.35 bits per heavy atom. The van der Waals surface area contributed by atoms with Gasteiger partial charge >= 0.3 is 0 Å². The monoisotopic (exact) mass is 236 g/mol. The first kappa shape index (κ1) is 13.7. The second-order valence-corrected chi connectivity index (χ2v) is 3.85. The van der Waals surface area contributed by atoms with E-state index in [-0.39, 0.29) is 5.78 Å². The molecule has 94 valence electrons. The van der Waals surface area contributed by atoms with Gasteiger partial charge in [-0.25, -0.2) is 0 Å². The fourth-order valence-corrected chi connectivity index (χ4v) is 1.48. The van der Waals surface area contributed by atoms with Gasteiger partial charge in [0, 0.05) is 25.7 Å². The van der Waals surface area contributed by atoms with Gasteiger partial charge in [0.1, 0.15) is 5.75 Å². The lowest BCUT2D eigenvalue weighted by molar-refractivity contribution is 0.0988. The van der Waals surface area contributed by atoms with Gasteiger partial charge in [0.25, 0.3) is 0 Å². The van der Waals surface area contributed by atoms with E-state index in [1.807, 2.05) is 31.2 Å². The van der Waals surface area contributed by atoms with Crippen molar-refractivity contribution in [3.63, 3.8) is 0 Å². The number of ether oxygens (including phenoxy) is 2. The lowest BCUT2D eigenvalue weighted by Gasteiger charge is -2.06. The molecule has 0 N–H and O–H groups in total. The number of hydrogen-bond donors (Lipinski definition) is 0. The van der Waals surface area contributed by atoms with E-state index in [9.17, 15) is 4.79 Å². The number of carbonyl (C=O) groups is 1. The Labute approximate surface area is 103 Å². The Morgan fingerprint density at radius 1 is 1.12 bits per heavy atom. The summed E-state index contributed by atoms with van der Waals surface area (Å²) in [6.07, 6.45) is 2.52. The van der Waals surface area contributed by atoms with Crippen molar-refractivity contribution >= 4 is 5.78 Å². The number of hydrogen-bond acceptors (Lipinski definition) is 3. The molecular formula is C14H20O3. The van der Waals surface area contributed by atoms with Crippen LogP contribution in [0.3, 0.4) is 0 Å². The zero-order valence-electron chi connectivity index (χ0n) is 10.6. The summed E-state index contributed by atoms with van der Waals surface area (Å²) in [5.74, 6) is 0.978.